The van der Waals surface area contributed by atoms with E-state index in [1.165, 1.54) is 45.2 Å². The summed E-state index contributed by atoms with van der Waals surface area (Å²) in [5.41, 5.74) is 0. The van der Waals surface area contributed by atoms with Crippen LogP contribution in [-0.4, -0.2) is 37.1 Å². The minimum absolute atomic E-state index is 0.748. The number of piperidine rings is 1. The van der Waals surface area contributed by atoms with E-state index in [9.17, 15) is 0 Å². The van der Waals surface area contributed by atoms with Crippen molar-refractivity contribution in [3.63, 3.8) is 0 Å². The summed E-state index contributed by atoms with van der Waals surface area (Å²) < 4.78 is 0. The quantitative estimate of drug-likeness (QED) is 0.843. The van der Waals surface area contributed by atoms with Crippen LogP contribution >= 0.6 is 0 Å². The third kappa shape index (κ3) is 3.76. The minimum atomic E-state index is 0.748. The van der Waals surface area contributed by atoms with Gasteiger partial charge < -0.3 is 5.32 Å². The SMILES string of the molecule is CCC1CCC(NC)C(CN2CC(C)CC(C)C2C)C1. The summed E-state index contributed by atoms with van der Waals surface area (Å²) in [5.74, 6) is 3.57. The lowest BCUT2D eigenvalue weighted by atomic mass is 9.76. The molecule has 0 aromatic carbocycles. The predicted octanol–water partition coefficient (Wildman–Crippen LogP) is 3.77. The first kappa shape index (κ1) is 16.3. The standard InChI is InChI=1S/C18H36N2/c1-6-16-7-8-18(19-5)17(10-16)12-20-11-13(2)9-14(3)15(20)4/h13-19H,6-12H2,1-5H3. The predicted molar refractivity (Wildman–Crippen MR) is 87.9 cm³/mol. The summed E-state index contributed by atoms with van der Waals surface area (Å²) in [6.45, 7) is 12.3. The van der Waals surface area contributed by atoms with Gasteiger partial charge in [0.2, 0.25) is 0 Å². The van der Waals surface area contributed by atoms with Gasteiger partial charge in [0.05, 0.1) is 0 Å². The molecule has 0 bridgehead atoms. The van der Waals surface area contributed by atoms with Gasteiger partial charge in [-0.15, -0.1) is 0 Å². The lowest BCUT2D eigenvalue weighted by molar-refractivity contribution is 0.0449. The Labute approximate surface area is 126 Å². The average molecular weight is 280 g/mol. The van der Waals surface area contributed by atoms with Gasteiger partial charge in [-0.3, -0.25) is 4.90 Å². The summed E-state index contributed by atoms with van der Waals surface area (Å²) in [4.78, 5) is 2.80. The number of hydrogen-bond donors (Lipinski definition) is 1. The Morgan fingerprint density at radius 2 is 1.85 bits per heavy atom. The molecule has 0 spiro atoms. The highest BCUT2D eigenvalue weighted by molar-refractivity contribution is 4.89. The van der Waals surface area contributed by atoms with Gasteiger partial charge in [0.15, 0.2) is 0 Å². The van der Waals surface area contributed by atoms with Crippen LogP contribution in [0.2, 0.25) is 0 Å². The van der Waals surface area contributed by atoms with Gasteiger partial charge in [-0.1, -0.05) is 27.2 Å². The van der Waals surface area contributed by atoms with Crippen LogP contribution in [0.3, 0.4) is 0 Å². The van der Waals surface area contributed by atoms with Gasteiger partial charge in [0, 0.05) is 25.2 Å². The molecule has 0 aromatic heterocycles. The molecule has 2 heteroatoms. The molecule has 2 nitrogen and oxygen atoms in total. The molecule has 0 aromatic rings. The normalized spacial score (nSPS) is 43.6. The van der Waals surface area contributed by atoms with Crippen molar-refractivity contribution < 1.29 is 0 Å². The van der Waals surface area contributed by atoms with Crippen LogP contribution in [0, 0.1) is 23.7 Å². The number of hydrogen-bond acceptors (Lipinski definition) is 2. The van der Waals surface area contributed by atoms with Crippen molar-refractivity contribution >= 4 is 0 Å². The van der Waals surface area contributed by atoms with Crippen LogP contribution in [0.1, 0.15) is 59.8 Å². The van der Waals surface area contributed by atoms with Crippen molar-refractivity contribution in [3.05, 3.63) is 0 Å². The first-order valence-corrected chi connectivity index (χ1v) is 8.96. The molecule has 0 radical (unpaired) electrons. The minimum Gasteiger partial charge on any atom is -0.317 e. The zero-order chi connectivity index (χ0) is 14.7. The monoisotopic (exact) mass is 280 g/mol. The van der Waals surface area contributed by atoms with E-state index in [0.29, 0.717) is 0 Å². The van der Waals surface area contributed by atoms with Crippen molar-refractivity contribution in [2.75, 3.05) is 20.1 Å². The molecule has 1 aliphatic heterocycles. The van der Waals surface area contributed by atoms with Crippen molar-refractivity contribution in [3.8, 4) is 0 Å². The molecule has 2 rings (SSSR count). The lowest BCUT2D eigenvalue weighted by Gasteiger charge is -2.45. The van der Waals surface area contributed by atoms with Crippen molar-refractivity contribution in [2.45, 2.75) is 71.9 Å². The van der Waals surface area contributed by atoms with Gasteiger partial charge in [-0.2, -0.15) is 0 Å². The molecule has 6 unspecified atom stereocenters. The second kappa shape index (κ2) is 7.26. The molecular formula is C18H36N2. The fraction of sp³-hybridized carbons (Fsp3) is 1.00. The second-order valence-corrected chi connectivity index (χ2v) is 7.76. The Kier molecular flexibility index (Phi) is 5.92. The molecule has 20 heavy (non-hydrogen) atoms. The summed E-state index contributed by atoms with van der Waals surface area (Å²) in [7, 11) is 2.16. The summed E-state index contributed by atoms with van der Waals surface area (Å²) >= 11 is 0. The highest BCUT2D eigenvalue weighted by Crippen LogP contribution is 2.34. The number of rotatable bonds is 4. The van der Waals surface area contributed by atoms with E-state index in [1.54, 1.807) is 0 Å². The van der Waals surface area contributed by atoms with E-state index in [1.807, 2.05) is 0 Å². The van der Waals surface area contributed by atoms with Crippen molar-refractivity contribution in [1.29, 1.82) is 0 Å². The molecule has 6 atom stereocenters. The molecule has 0 amide bonds. The van der Waals surface area contributed by atoms with Crippen LogP contribution in [0.5, 0.6) is 0 Å². The van der Waals surface area contributed by atoms with E-state index < -0.39 is 0 Å². The molecule has 2 fully saturated rings. The van der Waals surface area contributed by atoms with E-state index in [0.717, 1.165) is 35.8 Å². The van der Waals surface area contributed by atoms with Gasteiger partial charge in [-0.25, -0.2) is 0 Å². The van der Waals surface area contributed by atoms with Gasteiger partial charge in [-0.05, 0) is 63.3 Å². The van der Waals surface area contributed by atoms with Gasteiger partial charge in [0.1, 0.15) is 0 Å². The van der Waals surface area contributed by atoms with Crippen molar-refractivity contribution in [2.24, 2.45) is 23.7 Å². The van der Waals surface area contributed by atoms with E-state index in [-0.39, 0.29) is 0 Å². The maximum atomic E-state index is 3.60. The topological polar surface area (TPSA) is 15.3 Å². The highest BCUT2D eigenvalue weighted by atomic mass is 15.2. The molecule has 1 N–H and O–H groups in total. The smallest absolute Gasteiger partial charge is 0.0105 e. The van der Waals surface area contributed by atoms with Crippen LogP contribution < -0.4 is 5.32 Å². The van der Waals surface area contributed by atoms with E-state index >= 15 is 0 Å². The Hall–Kier alpha value is -0.0800. The van der Waals surface area contributed by atoms with Crippen molar-refractivity contribution in [1.82, 2.24) is 10.2 Å². The fourth-order valence-electron chi connectivity index (χ4n) is 4.69. The Bertz CT molecular complexity index is 291. The van der Waals surface area contributed by atoms with Crippen LogP contribution in [-0.2, 0) is 0 Å². The summed E-state index contributed by atoms with van der Waals surface area (Å²) in [6.07, 6.45) is 7.03. The largest absolute Gasteiger partial charge is 0.317 e. The third-order valence-corrected chi connectivity index (χ3v) is 6.23. The molecule has 1 heterocycles. The first-order chi connectivity index (χ1) is 9.55. The summed E-state index contributed by atoms with van der Waals surface area (Å²) in [5, 5.41) is 3.60. The highest BCUT2D eigenvalue weighted by Gasteiger charge is 2.34. The number of likely N-dealkylation sites (tertiary alicyclic amines) is 1. The Morgan fingerprint density at radius 3 is 2.50 bits per heavy atom. The van der Waals surface area contributed by atoms with Crippen LogP contribution in [0.4, 0.5) is 0 Å². The first-order valence-electron chi connectivity index (χ1n) is 8.96. The molecule has 1 saturated carbocycles. The van der Waals surface area contributed by atoms with E-state index in [4.69, 9.17) is 0 Å². The number of nitrogens with zero attached hydrogens (tertiary/aromatic N) is 1. The zero-order valence-corrected chi connectivity index (χ0v) is 14.4. The van der Waals surface area contributed by atoms with Crippen LogP contribution in [0.25, 0.3) is 0 Å². The lowest BCUT2D eigenvalue weighted by Crippen LogP contribution is -2.51. The number of nitrogens with one attached hydrogen (secondary N) is 1. The maximum absolute atomic E-state index is 3.60. The van der Waals surface area contributed by atoms with Gasteiger partial charge in [0.25, 0.3) is 0 Å². The maximum Gasteiger partial charge on any atom is 0.0105 e. The molecule has 1 saturated heterocycles. The van der Waals surface area contributed by atoms with Gasteiger partial charge >= 0.3 is 0 Å². The Balaban J connectivity index is 1.98. The average Bonchev–Trinajstić information content (AvgIpc) is 2.44. The fourth-order valence-corrected chi connectivity index (χ4v) is 4.69. The zero-order valence-electron chi connectivity index (χ0n) is 14.4. The molecule has 2 aliphatic rings. The van der Waals surface area contributed by atoms with Crippen LogP contribution in [0.15, 0.2) is 0 Å². The molecular weight excluding hydrogens is 244 g/mol. The molecule has 118 valence electrons. The Morgan fingerprint density at radius 1 is 1.10 bits per heavy atom. The van der Waals surface area contributed by atoms with E-state index in [2.05, 4.69) is 45.0 Å². The second-order valence-electron chi connectivity index (χ2n) is 7.76. The summed E-state index contributed by atoms with van der Waals surface area (Å²) in [6, 6.07) is 1.52. The third-order valence-electron chi connectivity index (χ3n) is 6.23. The molecule has 1 aliphatic carbocycles.